The van der Waals surface area contributed by atoms with Gasteiger partial charge in [-0.25, -0.2) is 0 Å². The van der Waals surface area contributed by atoms with Crippen molar-refractivity contribution in [3.8, 4) is 0 Å². The zero-order valence-electron chi connectivity index (χ0n) is 7.60. The molecule has 0 N–H and O–H groups in total. The molecular weight excluding hydrogens is 180 g/mol. The fourth-order valence-corrected chi connectivity index (χ4v) is 1.31. The number of rotatable bonds is 1. The summed E-state index contributed by atoms with van der Waals surface area (Å²) in [7, 11) is 1.47. The lowest BCUT2D eigenvalue weighted by Crippen LogP contribution is -2.14. The number of carbonyl (C=O) groups is 1. The van der Waals surface area contributed by atoms with Crippen LogP contribution >= 0.6 is 0 Å². The molecule has 1 aliphatic rings. The zero-order valence-corrected chi connectivity index (χ0v) is 7.60. The van der Waals surface area contributed by atoms with E-state index in [2.05, 4.69) is 15.0 Å². The standard InChI is InChI=1S/C10H8N2O2/c1-14-12-8-4-5-9(13)10-7(8)3-2-6-11-10/h2-6H,1H3/b12-8-. The predicted molar refractivity (Wildman–Crippen MR) is 51.3 cm³/mol. The molecule has 0 aliphatic heterocycles. The first-order valence-electron chi connectivity index (χ1n) is 4.12. The van der Waals surface area contributed by atoms with Crippen molar-refractivity contribution in [1.29, 1.82) is 0 Å². The topological polar surface area (TPSA) is 51.5 Å². The fourth-order valence-electron chi connectivity index (χ4n) is 1.31. The van der Waals surface area contributed by atoms with Gasteiger partial charge in [0.1, 0.15) is 18.5 Å². The van der Waals surface area contributed by atoms with Crippen LogP contribution in [-0.4, -0.2) is 23.6 Å². The van der Waals surface area contributed by atoms with E-state index in [1.54, 1.807) is 24.4 Å². The largest absolute Gasteiger partial charge is 0.399 e. The van der Waals surface area contributed by atoms with Crippen molar-refractivity contribution in [2.45, 2.75) is 0 Å². The molecule has 1 aromatic rings. The summed E-state index contributed by atoms with van der Waals surface area (Å²) >= 11 is 0. The molecule has 70 valence electrons. The van der Waals surface area contributed by atoms with Gasteiger partial charge < -0.3 is 4.84 Å². The number of hydrogen-bond donors (Lipinski definition) is 0. The van der Waals surface area contributed by atoms with Gasteiger partial charge in [-0.3, -0.25) is 9.78 Å². The van der Waals surface area contributed by atoms with Gasteiger partial charge in [0.25, 0.3) is 0 Å². The van der Waals surface area contributed by atoms with Crippen LogP contribution in [0.2, 0.25) is 0 Å². The minimum absolute atomic E-state index is 0.101. The van der Waals surface area contributed by atoms with Crippen molar-refractivity contribution in [3.63, 3.8) is 0 Å². The van der Waals surface area contributed by atoms with E-state index in [0.717, 1.165) is 0 Å². The van der Waals surface area contributed by atoms with Crippen LogP contribution in [0.5, 0.6) is 0 Å². The molecule has 0 spiro atoms. The van der Waals surface area contributed by atoms with Gasteiger partial charge in [-0.05, 0) is 24.3 Å². The lowest BCUT2D eigenvalue weighted by atomic mass is 10.00. The minimum Gasteiger partial charge on any atom is -0.399 e. The van der Waals surface area contributed by atoms with E-state index in [4.69, 9.17) is 0 Å². The molecule has 0 radical (unpaired) electrons. The molecule has 0 saturated heterocycles. The highest BCUT2D eigenvalue weighted by atomic mass is 16.6. The molecule has 4 heteroatoms. The van der Waals surface area contributed by atoms with Gasteiger partial charge in [0.15, 0.2) is 0 Å². The number of fused-ring (bicyclic) bond motifs is 1. The Kier molecular flexibility index (Phi) is 2.10. The van der Waals surface area contributed by atoms with Gasteiger partial charge in [0, 0.05) is 11.8 Å². The second kappa shape index (κ2) is 3.41. The summed E-state index contributed by atoms with van der Waals surface area (Å²) in [6.07, 6.45) is 4.64. The zero-order chi connectivity index (χ0) is 9.97. The average molecular weight is 188 g/mol. The molecule has 1 heterocycles. The molecule has 0 amide bonds. The third kappa shape index (κ3) is 1.31. The monoisotopic (exact) mass is 188 g/mol. The lowest BCUT2D eigenvalue weighted by Gasteiger charge is -2.09. The Bertz CT molecular complexity index is 436. The first-order valence-corrected chi connectivity index (χ1v) is 4.12. The molecule has 0 fully saturated rings. The average Bonchev–Trinajstić information content (AvgIpc) is 2.23. The van der Waals surface area contributed by atoms with Gasteiger partial charge >= 0.3 is 0 Å². The Morgan fingerprint density at radius 1 is 1.43 bits per heavy atom. The molecule has 1 aromatic heterocycles. The maximum absolute atomic E-state index is 11.4. The quantitative estimate of drug-likeness (QED) is 0.622. The molecule has 0 atom stereocenters. The van der Waals surface area contributed by atoms with Crippen LogP contribution in [0.1, 0.15) is 16.1 Å². The van der Waals surface area contributed by atoms with E-state index < -0.39 is 0 Å². The number of oxime groups is 1. The van der Waals surface area contributed by atoms with Crippen LogP contribution in [0.4, 0.5) is 0 Å². The molecule has 0 saturated carbocycles. The highest BCUT2D eigenvalue weighted by Gasteiger charge is 2.18. The lowest BCUT2D eigenvalue weighted by molar-refractivity contribution is 0.104. The Balaban J connectivity index is 2.58. The molecule has 1 aliphatic carbocycles. The minimum atomic E-state index is -0.101. The first kappa shape index (κ1) is 8.62. The van der Waals surface area contributed by atoms with E-state index in [1.807, 2.05) is 0 Å². The van der Waals surface area contributed by atoms with Crippen LogP contribution < -0.4 is 0 Å². The smallest absolute Gasteiger partial charge is 0.204 e. The Hall–Kier alpha value is -1.97. The molecule has 4 nitrogen and oxygen atoms in total. The number of carbonyl (C=O) groups excluding carboxylic acids is 1. The van der Waals surface area contributed by atoms with Crippen LogP contribution in [0.15, 0.2) is 35.6 Å². The van der Waals surface area contributed by atoms with Crippen molar-refractivity contribution in [2.24, 2.45) is 5.16 Å². The highest BCUT2D eigenvalue weighted by Crippen LogP contribution is 2.14. The molecule has 2 rings (SSSR count). The number of pyridine rings is 1. The van der Waals surface area contributed by atoms with E-state index >= 15 is 0 Å². The number of aromatic nitrogens is 1. The van der Waals surface area contributed by atoms with E-state index in [1.165, 1.54) is 13.2 Å². The molecule has 0 aromatic carbocycles. The molecule has 14 heavy (non-hydrogen) atoms. The van der Waals surface area contributed by atoms with Crippen molar-refractivity contribution >= 4 is 11.5 Å². The summed E-state index contributed by atoms with van der Waals surface area (Å²) in [6.45, 7) is 0. The Morgan fingerprint density at radius 2 is 2.29 bits per heavy atom. The summed E-state index contributed by atoms with van der Waals surface area (Å²) in [5, 5.41) is 3.80. The maximum Gasteiger partial charge on any atom is 0.204 e. The van der Waals surface area contributed by atoms with Crippen LogP contribution in [0.25, 0.3) is 0 Å². The highest BCUT2D eigenvalue weighted by molar-refractivity contribution is 6.22. The van der Waals surface area contributed by atoms with Gasteiger partial charge in [0.2, 0.25) is 5.78 Å². The SMILES string of the molecule is CO/N=C1/C=CC(=O)c2ncccc21. The van der Waals surface area contributed by atoms with Crippen LogP contribution in [0.3, 0.4) is 0 Å². The van der Waals surface area contributed by atoms with Gasteiger partial charge in [0.05, 0.1) is 0 Å². The second-order valence-corrected chi connectivity index (χ2v) is 2.76. The second-order valence-electron chi connectivity index (χ2n) is 2.76. The van der Waals surface area contributed by atoms with E-state index in [0.29, 0.717) is 17.0 Å². The van der Waals surface area contributed by atoms with Gasteiger partial charge in [-0.1, -0.05) is 5.16 Å². The van der Waals surface area contributed by atoms with E-state index in [-0.39, 0.29) is 5.78 Å². The van der Waals surface area contributed by atoms with Gasteiger partial charge in [-0.15, -0.1) is 0 Å². The summed E-state index contributed by atoms with van der Waals surface area (Å²) in [5.41, 5.74) is 1.75. The van der Waals surface area contributed by atoms with Crippen molar-refractivity contribution in [1.82, 2.24) is 4.98 Å². The normalized spacial score (nSPS) is 16.9. The summed E-state index contributed by atoms with van der Waals surface area (Å²) < 4.78 is 0. The number of ketones is 1. The number of nitrogens with zero attached hydrogens (tertiary/aromatic N) is 2. The van der Waals surface area contributed by atoms with Crippen molar-refractivity contribution < 1.29 is 9.63 Å². The Labute approximate surface area is 80.9 Å². The number of hydrogen-bond acceptors (Lipinski definition) is 4. The summed E-state index contributed by atoms with van der Waals surface area (Å²) in [6, 6.07) is 3.55. The van der Waals surface area contributed by atoms with Crippen molar-refractivity contribution in [2.75, 3.05) is 7.11 Å². The Morgan fingerprint density at radius 3 is 3.07 bits per heavy atom. The molecular formula is C10H8N2O2. The molecule has 0 bridgehead atoms. The first-order chi connectivity index (χ1) is 6.83. The fraction of sp³-hybridized carbons (Fsp3) is 0.100. The van der Waals surface area contributed by atoms with E-state index in [9.17, 15) is 4.79 Å². The van der Waals surface area contributed by atoms with Crippen LogP contribution in [0, 0.1) is 0 Å². The number of allylic oxidation sites excluding steroid dienone is 2. The molecule has 0 unspecified atom stereocenters. The third-order valence-electron chi connectivity index (χ3n) is 1.90. The van der Waals surface area contributed by atoms with Gasteiger partial charge in [-0.2, -0.15) is 0 Å². The maximum atomic E-state index is 11.4. The third-order valence-corrected chi connectivity index (χ3v) is 1.90. The van der Waals surface area contributed by atoms with Crippen molar-refractivity contribution in [3.05, 3.63) is 41.7 Å². The predicted octanol–water partition coefficient (Wildman–Crippen LogP) is 1.18. The van der Waals surface area contributed by atoms with Crippen LogP contribution in [-0.2, 0) is 4.84 Å². The summed E-state index contributed by atoms with van der Waals surface area (Å²) in [5.74, 6) is -0.101. The summed E-state index contributed by atoms with van der Waals surface area (Å²) in [4.78, 5) is 20.1.